The maximum atomic E-state index is 11.4. The Kier molecular flexibility index (Phi) is 3.05. The molecule has 0 radical (unpaired) electrons. The Morgan fingerprint density at radius 3 is 2.96 bits per heavy atom. The third-order valence-electron chi connectivity index (χ3n) is 4.46. The second-order valence-corrected chi connectivity index (χ2v) is 5.94. The smallest absolute Gasteiger partial charge is 0.248 e. The van der Waals surface area contributed by atoms with E-state index in [1.165, 1.54) is 11.1 Å². The van der Waals surface area contributed by atoms with Crippen molar-refractivity contribution in [1.82, 2.24) is 0 Å². The molecule has 114 valence electrons. The van der Waals surface area contributed by atoms with Crippen molar-refractivity contribution < 1.29 is 9.53 Å². The van der Waals surface area contributed by atoms with Crippen molar-refractivity contribution >= 4 is 23.9 Å². The minimum absolute atomic E-state index is 0.281. The average Bonchev–Trinajstić information content (AvgIpc) is 2.76. The molecular weight excluding hydrogens is 288 g/mol. The maximum Gasteiger partial charge on any atom is 0.248 e. The highest BCUT2D eigenvalue weighted by atomic mass is 16.5. The Hall–Kier alpha value is -2.88. The first-order valence-electron chi connectivity index (χ1n) is 7.56. The van der Waals surface area contributed by atoms with Crippen molar-refractivity contribution in [1.29, 1.82) is 0 Å². The second kappa shape index (κ2) is 5.09. The van der Waals surface area contributed by atoms with E-state index in [0.717, 1.165) is 6.42 Å². The van der Waals surface area contributed by atoms with Gasteiger partial charge in [0, 0.05) is 11.8 Å². The molecule has 1 aliphatic heterocycles. The van der Waals surface area contributed by atoms with E-state index in [4.69, 9.17) is 10.5 Å². The number of ether oxygens (including phenoxy) is 1. The Morgan fingerprint density at radius 1 is 1.22 bits per heavy atom. The van der Waals surface area contributed by atoms with Crippen LogP contribution in [0.4, 0.5) is 5.69 Å². The molecule has 1 heterocycles. The molecule has 2 aromatic rings. The Bertz CT molecular complexity index is 854. The summed E-state index contributed by atoms with van der Waals surface area (Å²) in [6.45, 7) is 0.515. The standard InChI is InChI=1S/C19H16N2O2/c20-18(22)14-7-8-17-16(10-14)21-11-19(12-23-17)9-3-5-13-4-1-2-6-15(13)19/h1-8,10-11H,9,12H2,(H2,20,22). The highest BCUT2D eigenvalue weighted by Crippen LogP contribution is 2.40. The number of hydrogen-bond acceptors (Lipinski definition) is 3. The van der Waals surface area contributed by atoms with Crippen molar-refractivity contribution in [2.45, 2.75) is 11.8 Å². The Labute approximate surface area is 134 Å². The van der Waals surface area contributed by atoms with E-state index < -0.39 is 5.91 Å². The normalized spacial score (nSPS) is 21.2. The topological polar surface area (TPSA) is 64.7 Å². The van der Waals surface area contributed by atoms with Gasteiger partial charge in [-0.15, -0.1) is 0 Å². The number of aliphatic imine (C=N–C) groups is 1. The number of rotatable bonds is 1. The van der Waals surface area contributed by atoms with Gasteiger partial charge in [0.15, 0.2) is 0 Å². The van der Waals surface area contributed by atoms with Crippen LogP contribution in [0.15, 0.2) is 53.5 Å². The van der Waals surface area contributed by atoms with Crippen LogP contribution in [0.5, 0.6) is 5.75 Å². The number of primary amides is 1. The van der Waals surface area contributed by atoms with Gasteiger partial charge in [0.05, 0.1) is 5.41 Å². The summed E-state index contributed by atoms with van der Waals surface area (Å²) < 4.78 is 6.02. The van der Waals surface area contributed by atoms with Gasteiger partial charge in [-0.2, -0.15) is 0 Å². The van der Waals surface area contributed by atoms with Crippen LogP contribution in [0.25, 0.3) is 6.08 Å². The van der Waals surface area contributed by atoms with E-state index in [1.54, 1.807) is 18.2 Å². The lowest BCUT2D eigenvalue weighted by atomic mass is 9.74. The molecule has 1 amide bonds. The van der Waals surface area contributed by atoms with Crippen LogP contribution in [0.1, 0.15) is 27.9 Å². The quantitative estimate of drug-likeness (QED) is 0.879. The molecule has 0 fully saturated rings. The fourth-order valence-corrected chi connectivity index (χ4v) is 3.19. The zero-order chi connectivity index (χ0) is 15.9. The lowest BCUT2D eigenvalue weighted by Crippen LogP contribution is -2.36. The van der Waals surface area contributed by atoms with Gasteiger partial charge in [-0.1, -0.05) is 36.4 Å². The molecule has 1 spiro atoms. The highest BCUT2D eigenvalue weighted by molar-refractivity contribution is 5.94. The molecule has 1 aliphatic carbocycles. The van der Waals surface area contributed by atoms with E-state index in [0.29, 0.717) is 23.6 Å². The summed E-state index contributed by atoms with van der Waals surface area (Å²) in [5.41, 5.74) is 8.55. The van der Waals surface area contributed by atoms with Gasteiger partial charge in [-0.05, 0) is 35.7 Å². The van der Waals surface area contributed by atoms with Crippen LogP contribution >= 0.6 is 0 Å². The third-order valence-corrected chi connectivity index (χ3v) is 4.46. The monoisotopic (exact) mass is 304 g/mol. The largest absolute Gasteiger partial charge is 0.490 e. The van der Waals surface area contributed by atoms with Crippen LogP contribution in [-0.2, 0) is 5.41 Å². The van der Waals surface area contributed by atoms with Crippen LogP contribution < -0.4 is 10.5 Å². The van der Waals surface area contributed by atoms with E-state index >= 15 is 0 Å². The summed E-state index contributed by atoms with van der Waals surface area (Å²) in [7, 11) is 0. The van der Waals surface area contributed by atoms with Gasteiger partial charge in [0.25, 0.3) is 0 Å². The number of hydrogen-bond donors (Lipinski definition) is 1. The molecule has 1 unspecified atom stereocenters. The fourth-order valence-electron chi connectivity index (χ4n) is 3.19. The molecule has 0 saturated heterocycles. The lowest BCUT2D eigenvalue weighted by molar-refractivity contribution is 0.100. The minimum Gasteiger partial charge on any atom is -0.490 e. The first-order valence-corrected chi connectivity index (χ1v) is 7.56. The number of nitrogens with zero attached hydrogens (tertiary/aromatic N) is 1. The Balaban J connectivity index is 1.79. The lowest BCUT2D eigenvalue weighted by Gasteiger charge is -2.32. The van der Waals surface area contributed by atoms with Crippen LogP contribution in [0.3, 0.4) is 0 Å². The molecule has 0 aromatic heterocycles. The highest BCUT2D eigenvalue weighted by Gasteiger charge is 2.35. The second-order valence-electron chi connectivity index (χ2n) is 5.94. The fraction of sp³-hybridized carbons (Fsp3) is 0.158. The van der Waals surface area contributed by atoms with E-state index in [1.807, 2.05) is 18.3 Å². The summed E-state index contributed by atoms with van der Waals surface area (Å²) in [5.74, 6) is 0.211. The van der Waals surface area contributed by atoms with Crippen LogP contribution in [0.2, 0.25) is 0 Å². The molecule has 4 rings (SSSR count). The maximum absolute atomic E-state index is 11.4. The molecule has 0 saturated carbocycles. The number of carbonyl (C=O) groups excluding carboxylic acids is 1. The number of fused-ring (bicyclic) bond motifs is 3. The number of nitrogens with two attached hydrogens (primary N) is 1. The van der Waals surface area contributed by atoms with Crippen LogP contribution in [-0.4, -0.2) is 18.7 Å². The molecule has 2 N–H and O–H groups in total. The zero-order valence-electron chi connectivity index (χ0n) is 12.5. The van der Waals surface area contributed by atoms with E-state index in [2.05, 4.69) is 29.3 Å². The van der Waals surface area contributed by atoms with Gasteiger partial charge < -0.3 is 10.5 Å². The molecule has 23 heavy (non-hydrogen) atoms. The summed E-state index contributed by atoms with van der Waals surface area (Å²) in [5, 5.41) is 0. The summed E-state index contributed by atoms with van der Waals surface area (Å²) in [6.07, 6.45) is 7.08. The molecular formula is C19H16N2O2. The van der Waals surface area contributed by atoms with Gasteiger partial charge in [-0.25, -0.2) is 0 Å². The first kappa shape index (κ1) is 13.8. The van der Waals surface area contributed by atoms with Crippen molar-refractivity contribution in [3.8, 4) is 5.75 Å². The van der Waals surface area contributed by atoms with Crippen molar-refractivity contribution in [3.05, 3.63) is 65.2 Å². The van der Waals surface area contributed by atoms with E-state index in [9.17, 15) is 4.79 Å². The summed E-state index contributed by atoms with van der Waals surface area (Å²) >= 11 is 0. The molecule has 2 aliphatic rings. The van der Waals surface area contributed by atoms with Crippen LogP contribution in [0, 0.1) is 0 Å². The molecule has 1 atom stereocenters. The van der Waals surface area contributed by atoms with Crippen molar-refractivity contribution in [2.24, 2.45) is 10.7 Å². The minimum atomic E-state index is -0.465. The molecule has 4 heteroatoms. The molecule has 2 aromatic carbocycles. The number of carbonyl (C=O) groups is 1. The van der Waals surface area contributed by atoms with Crippen molar-refractivity contribution in [3.63, 3.8) is 0 Å². The summed E-state index contributed by atoms with van der Waals surface area (Å²) in [4.78, 5) is 16.0. The zero-order valence-corrected chi connectivity index (χ0v) is 12.5. The molecule has 0 bridgehead atoms. The number of amides is 1. The predicted octanol–water partition coefficient (Wildman–Crippen LogP) is 3.24. The predicted molar refractivity (Wildman–Crippen MR) is 90.4 cm³/mol. The van der Waals surface area contributed by atoms with Gasteiger partial charge >= 0.3 is 0 Å². The molecule has 4 nitrogen and oxygen atoms in total. The van der Waals surface area contributed by atoms with Crippen molar-refractivity contribution in [2.75, 3.05) is 6.61 Å². The third kappa shape index (κ3) is 2.23. The van der Waals surface area contributed by atoms with E-state index in [-0.39, 0.29) is 5.41 Å². The van der Waals surface area contributed by atoms with Gasteiger partial charge in [-0.3, -0.25) is 9.79 Å². The Morgan fingerprint density at radius 2 is 2.09 bits per heavy atom. The van der Waals surface area contributed by atoms with Gasteiger partial charge in [0.2, 0.25) is 5.91 Å². The van der Waals surface area contributed by atoms with Gasteiger partial charge in [0.1, 0.15) is 18.0 Å². The SMILES string of the molecule is NC(=O)c1ccc2c(c1)N=CC1(CC=Cc3ccccc31)CO2. The first-order chi connectivity index (χ1) is 11.2. The summed E-state index contributed by atoms with van der Waals surface area (Å²) in [6, 6.07) is 13.4. The average molecular weight is 304 g/mol. The number of allylic oxidation sites excluding steroid dienone is 1. The number of benzene rings is 2.